The van der Waals surface area contributed by atoms with E-state index in [0.717, 1.165) is 14.2 Å². The minimum Gasteiger partial charge on any atom is -0.726 e. The van der Waals surface area contributed by atoms with Gasteiger partial charge in [0.1, 0.15) is 95.9 Å². The van der Waals surface area contributed by atoms with Gasteiger partial charge in [-0.05, 0) is 13.8 Å². The van der Waals surface area contributed by atoms with E-state index in [9.17, 15) is 84.2 Å². The number of fused-ring (bicyclic) bond motifs is 1. The molecule has 0 saturated carbocycles. The highest BCUT2D eigenvalue weighted by Gasteiger charge is 2.55. The maximum atomic E-state index is 11.7. The number of hydrogen-bond acceptors (Lipinski definition) is 36. The molecule has 7 unspecified atom stereocenters. The Kier molecular flexibility index (Phi) is 31.3. The third-order valence-corrected chi connectivity index (χ3v) is 19.5. The number of carbonyl (C=O) groups excluding carboxylic acids is 8. The first-order valence-corrected chi connectivity index (χ1v) is 30.3. The van der Waals surface area contributed by atoms with Crippen molar-refractivity contribution in [3.63, 3.8) is 0 Å². The van der Waals surface area contributed by atoms with E-state index in [0.29, 0.717) is 0 Å². The van der Waals surface area contributed by atoms with Crippen LogP contribution in [0.2, 0.25) is 0 Å². The van der Waals surface area contributed by atoms with Gasteiger partial charge in [-0.15, -0.1) is 0 Å². The minimum atomic E-state index is -5.04. The van der Waals surface area contributed by atoms with Crippen LogP contribution >= 0.6 is 0 Å². The summed E-state index contributed by atoms with van der Waals surface area (Å²) in [6, 6.07) is 0. The van der Waals surface area contributed by atoms with Crippen LogP contribution in [0.3, 0.4) is 0 Å². The molecule has 0 aromatic rings. The molecule has 6 N–H and O–H groups in total. The van der Waals surface area contributed by atoms with Crippen molar-refractivity contribution >= 4 is 89.2 Å². The maximum absolute atomic E-state index is 11.7. The Balaban J connectivity index is 0.000000398. The van der Waals surface area contributed by atoms with Gasteiger partial charge in [-0.25, -0.2) is 25.2 Å². The van der Waals surface area contributed by atoms with Crippen LogP contribution in [0, 0.1) is 17.8 Å². The van der Waals surface area contributed by atoms with Gasteiger partial charge in [0.05, 0.1) is 68.1 Å². The van der Waals surface area contributed by atoms with Crippen LogP contribution in [-0.2, 0) is 155 Å². The lowest BCUT2D eigenvalue weighted by Crippen LogP contribution is -2.55. The van der Waals surface area contributed by atoms with Gasteiger partial charge in [0.2, 0.25) is 26.7 Å². The van der Waals surface area contributed by atoms with Crippen LogP contribution in [0.5, 0.6) is 0 Å². The maximum Gasteiger partial charge on any atom is 0.400 e. The Bertz CT molecular complexity index is 2290. The monoisotopic (exact) mass is 1280 g/mol. The number of methoxy groups -OCH3 is 4. The lowest BCUT2D eigenvalue weighted by molar-refractivity contribution is -0.276. The first kappa shape index (κ1) is 73.6. The second kappa shape index (κ2) is 34.4. The van der Waals surface area contributed by atoms with Crippen LogP contribution in [0.4, 0.5) is 0 Å². The van der Waals surface area contributed by atoms with Gasteiger partial charge in [-0.3, -0.25) is 27.5 Å². The summed E-state index contributed by atoms with van der Waals surface area (Å²) in [6.07, 6.45) is -13.3. The summed E-state index contributed by atoms with van der Waals surface area (Å²) >= 11 is 0. The van der Waals surface area contributed by atoms with Crippen molar-refractivity contribution in [2.75, 3.05) is 91.1 Å². The van der Waals surface area contributed by atoms with Crippen LogP contribution in [0.25, 0.3) is 0 Å². The molecule has 0 aromatic heterocycles. The summed E-state index contributed by atoms with van der Waals surface area (Å²) in [5, 5.41) is 57.3. The van der Waals surface area contributed by atoms with E-state index in [2.05, 4.69) is 35.7 Å². The van der Waals surface area contributed by atoms with E-state index in [-0.39, 0.29) is 75.0 Å². The molecule has 6 heterocycles. The van der Waals surface area contributed by atoms with Crippen molar-refractivity contribution < 1.29 is 167 Å². The average molecular weight is 1280 g/mol. The fourth-order valence-electron chi connectivity index (χ4n) is 8.00. The molecule has 81 heavy (non-hydrogen) atoms. The summed E-state index contributed by atoms with van der Waals surface area (Å²) in [6.45, 7) is 1.12. The standard InChI is InChI=1S/2C14H24O11S2.C10H14O10S.2CO2/c2*1-7(13(18)22-2)14-23-4-9(25-27(19,20)21)10(24-14)6-26-5-8(16)12(17)11(26)3-15;1-15-8(11)7(9(12)16-2)10-17-3-6-5(19-10)4-18-21(13,14)20-6;2*2-1-3/h2*7-12,14-17H,3-6H2,1-2H3;5-7,10H,3-4H2,1-2H3;;/t2*7?,8-,9+,10-,11-,12+,14?,26?;5-,6+,10?;;/m111../s1. The number of esters is 4. The third-order valence-electron chi connectivity index (χ3n) is 12.0. The van der Waals surface area contributed by atoms with Crippen LogP contribution in [-0.4, -0.2) is 283 Å². The van der Waals surface area contributed by atoms with Gasteiger partial charge in [-0.2, -0.15) is 27.6 Å². The summed E-state index contributed by atoms with van der Waals surface area (Å²) in [5.74, 6) is -5.50. The molecule has 0 spiro atoms. The Morgan fingerprint density at radius 2 is 0.951 bits per heavy atom. The van der Waals surface area contributed by atoms with E-state index in [1.807, 2.05) is 0 Å². The van der Waals surface area contributed by atoms with Gasteiger partial charge in [0.25, 0.3) is 0 Å². The zero-order chi connectivity index (χ0) is 61.7. The highest BCUT2D eigenvalue weighted by molar-refractivity contribution is 7.98. The van der Waals surface area contributed by atoms with Gasteiger partial charge < -0.3 is 87.1 Å². The van der Waals surface area contributed by atoms with Gasteiger partial charge >= 0.3 is 46.6 Å². The SMILES string of the molecule is COC(=O)C(C(=O)OC)C1OC[C@@H]2OS(=O)(=O)OC[C@H]2O1.COC(=O)C(C)C1OC[C@H](OS(=O)(=O)[O-])[C@@H](C[S+]2C[C@@H](O)[C@H](O)[C@H]2CO)O1.COC(=O)C(C)C1OC[C@H](OS(=O)(=O)[O-])[C@@H](C[S+]2C[C@@H](O)[C@H](O)[C@H]2CO)O1.O=C=O.O=C=O. The highest BCUT2D eigenvalue weighted by Crippen LogP contribution is 2.33. The molecule has 6 rings (SSSR count). The molecule has 0 radical (unpaired) electrons. The Labute approximate surface area is 468 Å². The Morgan fingerprint density at radius 3 is 1.28 bits per heavy atom. The van der Waals surface area contributed by atoms with Gasteiger partial charge in [0, 0.05) is 21.8 Å². The molecular formula is C40H62O36S5. The number of rotatable bonds is 17. The summed E-state index contributed by atoms with van der Waals surface area (Å²) in [5.41, 5.74) is 0. The topological polar surface area (TPSA) is 536 Å². The zero-order valence-electron chi connectivity index (χ0n) is 43.4. The smallest absolute Gasteiger partial charge is 0.400 e. The minimum absolute atomic E-state index is 0.104. The number of aliphatic hydroxyl groups excluding tert-OH is 6. The third kappa shape index (κ3) is 22.8. The first-order valence-electron chi connectivity index (χ1n) is 23.1. The fourth-order valence-corrected chi connectivity index (χ4v) is 15.3. The molecule has 6 aliphatic heterocycles. The molecule has 6 fully saturated rings. The zero-order valence-corrected chi connectivity index (χ0v) is 47.5. The molecule has 0 amide bonds. The predicted molar refractivity (Wildman–Crippen MR) is 253 cm³/mol. The number of ether oxygens (including phenoxy) is 10. The highest BCUT2D eigenvalue weighted by atomic mass is 32.3. The lowest BCUT2D eigenvalue weighted by atomic mass is 10.1. The number of aliphatic hydroxyl groups is 6. The normalized spacial score (nSPS) is 34.0. The van der Waals surface area contributed by atoms with Crippen molar-refractivity contribution in [3.8, 4) is 0 Å². The first-order chi connectivity index (χ1) is 37.8. The molecular weight excluding hydrogens is 1220 g/mol. The second-order valence-corrected chi connectivity index (χ2v) is 25.1. The molecule has 6 aliphatic rings. The molecule has 6 saturated heterocycles. The molecule has 468 valence electrons. The number of hydrogen-bond donors (Lipinski definition) is 6. The number of carbonyl (C=O) groups is 4. The predicted octanol–water partition coefficient (Wildman–Crippen LogP) is -8.62. The Morgan fingerprint density at radius 1 is 0.593 bits per heavy atom. The molecule has 0 aromatic carbocycles. The lowest BCUT2D eigenvalue weighted by Gasteiger charge is -2.39. The van der Waals surface area contributed by atoms with Crippen molar-refractivity contribution in [2.45, 2.75) is 104 Å². The molecule has 41 heteroatoms. The molecule has 36 nitrogen and oxygen atoms in total. The quantitative estimate of drug-likeness (QED) is 0.0197. The molecule has 0 aliphatic carbocycles. The van der Waals surface area contributed by atoms with E-state index in [1.54, 1.807) is 0 Å². The van der Waals surface area contributed by atoms with Crippen molar-refractivity contribution in [2.24, 2.45) is 17.8 Å². The van der Waals surface area contributed by atoms with E-state index < -0.39 is 185 Å². The van der Waals surface area contributed by atoms with E-state index >= 15 is 0 Å². The van der Waals surface area contributed by atoms with Crippen molar-refractivity contribution in [1.82, 2.24) is 0 Å². The molecule has 0 bridgehead atoms. The van der Waals surface area contributed by atoms with Crippen LogP contribution < -0.4 is 0 Å². The van der Waals surface area contributed by atoms with Crippen LogP contribution in [0.1, 0.15) is 13.8 Å². The molecule has 19 atom stereocenters. The second-order valence-electron chi connectivity index (χ2n) is 17.2. The summed E-state index contributed by atoms with van der Waals surface area (Å²) in [4.78, 5) is 79.2. The van der Waals surface area contributed by atoms with E-state index in [1.165, 1.54) is 28.1 Å². The average Bonchev–Trinajstić information content (AvgIpc) is 3.84. The van der Waals surface area contributed by atoms with Crippen LogP contribution in [0.15, 0.2) is 0 Å². The van der Waals surface area contributed by atoms with Gasteiger partial charge in [-0.1, -0.05) is 0 Å². The summed E-state index contributed by atoms with van der Waals surface area (Å²) < 4.78 is 157. The van der Waals surface area contributed by atoms with Gasteiger partial charge in [0.15, 0.2) is 29.4 Å². The van der Waals surface area contributed by atoms with Crippen molar-refractivity contribution in [1.29, 1.82) is 0 Å². The van der Waals surface area contributed by atoms with E-state index in [4.69, 9.17) is 47.6 Å². The summed E-state index contributed by atoms with van der Waals surface area (Å²) in [7, 11) is -11.0. The fraction of sp³-hybridized carbons (Fsp3) is 0.850. The largest absolute Gasteiger partial charge is 0.726 e. The van der Waals surface area contributed by atoms with Crippen molar-refractivity contribution in [3.05, 3.63) is 0 Å². The Hall–Kier alpha value is -3.53.